The fourth-order valence-corrected chi connectivity index (χ4v) is 5.75. The Bertz CT molecular complexity index is 1120. The topological polar surface area (TPSA) is 92.3 Å². The summed E-state index contributed by atoms with van der Waals surface area (Å²) in [5.74, 6) is -0.197. The fraction of sp³-hybridized carbons (Fsp3) is 0.350. The molecular formula is C20H22N4O3S2. The Balaban J connectivity index is 1.38. The van der Waals surface area contributed by atoms with Crippen LogP contribution in [0.15, 0.2) is 47.4 Å². The Morgan fingerprint density at radius 3 is 2.59 bits per heavy atom. The molecule has 1 aliphatic heterocycles. The predicted octanol–water partition coefficient (Wildman–Crippen LogP) is 2.72. The molecule has 1 aromatic heterocycles. The molecule has 152 valence electrons. The zero-order chi connectivity index (χ0) is 20.4. The van der Waals surface area contributed by atoms with Gasteiger partial charge in [-0.25, -0.2) is 8.42 Å². The lowest BCUT2D eigenvalue weighted by molar-refractivity contribution is -0.126. The average molecular weight is 431 g/mol. The minimum Gasteiger partial charge on any atom is -0.352 e. The van der Waals surface area contributed by atoms with Crippen LogP contribution in [-0.4, -0.2) is 40.5 Å². The molecule has 0 bridgehead atoms. The largest absolute Gasteiger partial charge is 0.352 e. The second-order valence-corrected chi connectivity index (χ2v) is 9.70. The molecule has 0 saturated carbocycles. The van der Waals surface area contributed by atoms with E-state index in [9.17, 15) is 13.2 Å². The van der Waals surface area contributed by atoms with Gasteiger partial charge in [0.1, 0.15) is 15.9 Å². The van der Waals surface area contributed by atoms with E-state index in [0.717, 1.165) is 17.3 Å². The van der Waals surface area contributed by atoms with Crippen molar-refractivity contribution in [3.63, 3.8) is 0 Å². The quantitative estimate of drug-likeness (QED) is 0.672. The van der Waals surface area contributed by atoms with Crippen molar-refractivity contribution in [2.75, 3.05) is 13.1 Å². The molecule has 0 unspecified atom stereocenters. The Kier molecular flexibility index (Phi) is 5.62. The minimum absolute atomic E-state index is 0.0200. The van der Waals surface area contributed by atoms with E-state index < -0.39 is 10.0 Å². The lowest BCUT2D eigenvalue weighted by atomic mass is 9.97. The second-order valence-electron chi connectivity index (χ2n) is 7.27. The average Bonchev–Trinajstić information content (AvgIpc) is 3.22. The van der Waals surface area contributed by atoms with Crippen LogP contribution in [0.5, 0.6) is 0 Å². The molecule has 9 heteroatoms. The van der Waals surface area contributed by atoms with E-state index in [2.05, 4.69) is 14.1 Å². The molecule has 0 aliphatic carbocycles. The molecule has 2 aromatic carbocycles. The zero-order valence-corrected chi connectivity index (χ0v) is 17.7. The van der Waals surface area contributed by atoms with Gasteiger partial charge in [0.2, 0.25) is 15.9 Å². The van der Waals surface area contributed by atoms with Gasteiger partial charge in [-0.2, -0.15) is 13.1 Å². The van der Waals surface area contributed by atoms with E-state index in [4.69, 9.17) is 0 Å². The van der Waals surface area contributed by atoms with Crippen LogP contribution in [0.2, 0.25) is 0 Å². The van der Waals surface area contributed by atoms with Crippen LogP contribution < -0.4 is 5.32 Å². The first-order valence-corrected chi connectivity index (χ1v) is 11.7. The molecule has 1 saturated heterocycles. The van der Waals surface area contributed by atoms with Crippen LogP contribution in [0.4, 0.5) is 0 Å². The van der Waals surface area contributed by atoms with E-state index in [-0.39, 0.29) is 16.7 Å². The Labute approximate surface area is 174 Å². The minimum atomic E-state index is -3.66. The number of hydrogen-bond donors (Lipinski definition) is 1. The number of carbonyl (C=O) groups is 1. The summed E-state index contributed by atoms with van der Waals surface area (Å²) < 4.78 is 35.9. The third-order valence-corrected chi connectivity index (χ3v) is 7.75. The highest BCUT2D eigenvalue weighted by molar-refractivity contribution is 7.89. The maximum Gasteiger partial charge on any atom is 0.245 e. The molecule has 0 radical (unpaired) electrons. The van der Waals surface area contributed by atoms with Crippen LogP contribution >= 0.6 is 11.7 Å². The van der Waals surface area contributed by atoms with Crippen molar-refractivity contribution in [3.05, 3.63) is 53.6 Å². The van der Waals surface area contributed by atoms with Gasteiger partial charge in [-0.3, -0.25) is 4.79 Å². The summed E-state index contributed by atoms with van der Waals surface area (Å²) in [6, 6.07) is 13.0. The zero-order valence-electron chi connectivity index (χ0n) is 16.0. The monoisotopic (exact) mass is 430 g/mol. The van der Waals surface area contributed by atoms with Gasteiger partial charge in [0, 0.05) is 25.6 Å². The number of aromatic nitrogens is 2. The lowest BCUT2D eigenvalue weighted by Gasteiger charge is -2.30. The highest BCUT2D eigenvalue weighted by Gasteiger charge is 2.33. The first kappa shape index (κ1) is 19.9. The summed E-state index contributed by atoms with van der Waals surface area (Å²) >= 11 is 1.00. The summed E-state index contributed by atoms with van der Waals surface area (Å²) in [4.78, 5) is 12.7. The third-order valence-electron chi connectivity index (χ3n) is 5.28. The fourth-order valence-electron chi connectivity index (χ4n) is 3.53. The van der Waals surface area contributed by atoms with Crippen LogP contribution in [0.3, 0.4) is 0 Å². The number of rotatable bonds is 5. The third kappa shape index (κ3) is 4.17. The summed E-state index contributed by atoms with van der Waals surface area (Å²) in [5.41, 5.74) is 3.23. The van der Waals surface area contributed by atoms with Crippen molar-refractivity contribution in [2.24, 2.45) is 5.92 Å². The molecule has 7 nitrogen and oxygen atoms in total. The van der Waals surface area contributed by atoms with Crippen molar-refractivity contribution in [3.8, 4) is 0 Å². The van der Waals surface area contributed by atoms with Gasteiger partial charge in [-0.1, -0.05) is 35.9 Å². The second kappa shape index (κ2) is 8.17. The van der Waals surface area contributed by atoms with E-state index >= 15 is 0 Å². The van der Waals surface area contributed by atoms with E-state index in [0.29, 0.717) is 43.5 Å². The van der Waals surface area contributed by atoms with Crippen molar-refractivity contribution in [1.82, 2.24) is 18.4 Å². The van der Waals surface area contributed by atoms with Crippen molar-refractivity contribution in [1.29, 1.82) is 0 Å². The number of hydrogen-bond acceptors (Lipinski definition) is 6. The maximum atomic E-state index is 13.1. The molecule has 4 rings (SSSR count). The smallest absolute Gasteiger partial charge is 0.245 e. The van der Waals surface area contributed by atoms with Crippen molar-refractivity contribution in [2.45, 2.75) is 31.2 Å². The molecule has 2 heterocycles. The summed E-state index contributed by atoms with van der Waals surface area (Å²) in [7, 11) is -3.66. The van der Waals surface area contributed by atoms with Gasteiger partial charge in [0.25, 0.3) is 0 Å². The van der Waals surface area contributed by atoms with E-state index in [1.54, 1.807) is 18.2 Å². The molecule has 3 aromatic rings. The number of fused-ring (bicyclic) bond motifs is 1. The number of amides is 1. The molecular weight excluding hydrogens is 408 g/mol. The molecule has 0 spiro atoms. The van der Waals surface area contributed by atoms with Gasteiger partial charge >= 0.3 is 0 Å². The number of carbonyl (C=O) groups excluding carboxylic acids is 1. The van der Waals surface area contributed by atoms with Gasteiger partial charge in [0.05, 0.1) is 11.7 Å². The first-order valence-electron chi connectivity index (χ1n) is 9.50. The molecule has 1 amide bonds. The van der Waals surface area contributed by atoms with Gasteiger partial charge < -0.3 is 5.32 Å². The number of aryl methyl sites for hydroxylation is 1. The summed E-state index contributed by atoms with van der Waals surface area (Å²) in [6.07, 6.45) is 1.01. The van der Waals surface area contributed by atoms with Crippen LogP contribution in [0.1, 0.15) is 24.0 Å². The Hall–Kier alpha value is -2.36. The predicted molar refractivity (Wildman–Crippen MR) is 112 cm³/mol. The van der Waals surface area contributed by atoms with Crippen molar-refractivity contribution < 1.29 is 13.2 Å². The lowest BCUT2D eigenvalue weighted by Crippen LogP contribution is -2.42. The maximum absolute atomic E-state index is 13.1. The van der Waals surface area contributed by atoms with Crippen molar-refractivity contribution >= 4 is 38.7 Å². The molecule has 1 fully saturated rings. The molecule has 29 heavy (non-hydrogen) atoms. The SMILES string of the molecule is Cc1ccc(CNC(=O)C2CCN(S(=O)(=O)c3cccc4nsnc34)CC2)cc1. The normalized spacial score (nSPS) is 16.2. The van der Waals surface area contributed by atoms with E-state index in [1.807, 2.05) is 31.2 Å². The van der Waals surface area contributed by atoms with Gasteiger partial charge in [-0.05, 0) is 37.5 Å². The summed E-state index contributed by atoms with van der Waals surface area (Å²) in [5, 5.41) is 2.97. The van der Waals surface area contributed by atoms with Gasteiger partial charge in [0.15, 0.2) is 0 Å². The number of nitrogens with zero attached hydrogens (tertiary/aromatic N) is 3. The molecule has 1 aliphatic rings. The van der Waals surface area contributed by atoms with Gasteiger partial charge in [-0.15, -0.1) is 0 Å². The standard InChI is InChI=1S/C20H22N4O3S2/c1-14-5-7-15(8-6-14)13-21-20(25)16-9-11-24(12-10-16)29(26,27)18-4-2-3-17-19(18)23-28-22-17/h2-8,16H,9-13H2,1H3,(H,21,25). The highest BCUT2D eigenvalue weighted by atomic mass is 32.2. The number of benzene rings is 2. The molecule has 1 N–H and O–H groups in total. The summed E-state index contributed by atoms with van der Waals surface area (Å²) in [6.45, 7) is 3.14. The highest BCUT2D eigenvalue weighted by Crippen LogP contribution is 2.28. The number of nitrogens with one attached hydrogen (secondary N) is 1. The van der Waals surface area contributed by atoms with E-state index in [1.165, 1.54) is 9.87 Å². The van der Waals surface area contributed by atoms with Crippen LogP contribution in [0.25, 0.3) is 11.0 Å². The van der Waals surface area contributed by atoms with Crippen LogP contribution in [0, 0.1) is 12.8 Å². The number of piperidine rings is 1. The number of sulfonamides is 1. The Morgan fingerprint density at radius 2 is 1.86 bits per heavy atom. The molecule has 0 atom stereocenters. The first-order chi connectivity index (χ1) is 13.9. The Morgan fingerprint density at radius 1 is 1.14 bits per heavy atom. The van der Waals surface area contributed by atoms with Crippen LogP contribution in [-0.2, 0) is 21.4 Å².